The van der Waals surface area contributed by atoms with Crippen molar-refractivity contribution < 1.29 is 39.9 Å². The van der Waals surface area contributed by atoms with Gasteiger partial charge in [0.1, 0.15) is 24.9 Å². The fraction of sp³-hybridized carbons (Fsp3) is 0.333. The molecule has 0 saturated heterocycles. The van der Waals surface area contributed by atoms with Crippen LogP contribution < -0.4 is 5.32 Å². The number of aliphatic hydroxyl groups excluding tert-OH is 4. The van der Waals surface area contributed by atoms with Gasteiger partial charge in [0.05, 0.1) is 6.61 Å². The van der Waals surface area contributed by atoms with Gasteiger partial charge in [0.15, 0.2) is 6.29 Å². The molecule has 3 rings (SSSR count). The quantitative estimate of drug-likeness (QED) is 0.248. The summed E-state index contributed by atoms with van der Waals surface area (Å²) in [5.74, 6) is -0.265. The zero-order valence-corrected chi connectivity index (χ0v) is 15.9. The normalized spacial score (nSPS) is 17.8. The van der Waals surface area contributed by atoms with Crippen LogP contribution in [0.15, 0.2) is 48.5 Å². The van der Waals surface area contributed by atoms with Crippen molar-refractivity contribution in [2.24, 2.45) is 0 Å². The zero-order valence-electron chi connectivity index (χ0n) is 15.9. The molecular weight excluding hydrogens is 394 g/mol. The fourth-order valence-electron chi connectivity index (χ4n) is 3.55. The Bertz CT molecular complexity index is 874. The highest BCUT2D eigenvalue weighted by molar-refractivity contribution is 5.79. The largest absolute Gasteiger partial charge is 0.448 e. The monoisotopic (exact) mass is 417 g/mol. The third kappa shape index (κ3) is 4.07. The van der Waals surface area contributed by atoms with Crippen LogP contribution in [0.2, 0.25) is 0 Å². The van der Waals surface area contributed by atoms with Gasteiger partial charge in [-0.3, -0.25) is 10.1 Å². The molecule has 0 heterocycles. The van der Waals surface area contributed by atoms with E-state index in [9.17, 15) is 30.0 Å². The number of hydrogen-bond donors (Lipinski definition) is 6. The van der Waals surface area contributed by atoms with Crippen molar-refractivity contribution in [1.29, 1.82) is 0 Å². The van der Waals surface area contributed by atoms with Crippen molar-refractivity contribution in [1.82, 2.24) is 5.32 Å². The van der Waals surface area contributed by atoms with E-state index in [-0.39, 0.29) is 18.8 Å². The smallest absolute Gasteiger partial charge is 0.409 e. The Morgan fingerprint density at radius 3 is 2.10 bits per heavy atom. The molecular formula is C21H23NO8. The summed E-state index contributed by atoms with van der Waals surface area (Å²) in [6, 6.07) is 15.3. The number of rotatable bonds is 8. The van der Waals surface area contributed by atoms with E-state index in [4.69, 9.17) is 9.84 Å². The summed E-state index contributed by atoms with van der Waals surface area (Å²) in [5.41, 5.74) is 1.02. The van der Waals surface area contributed by atoms with Crippen LogP contribution in [-0.4, -0.2) is 75.2 Å². The third-order valence-corrected chi connectivity index (χ3v) is 5.18. The number of aldehydes is 1. The number of nitrogens with one attached hydrogen (secondary N) is 1. The second kappa shape index (κ2) is 8.90. The van der Waals surface area contributed by atoms with Crippen molar-refractivity contribution in [3.05, 3.63) is 59.7 Å². The summed E-state index contributed by atoms with van der Waals surface area (Å²) in [5, 5.41) is 49.9. The zero-order chi connectivity index (χ0) is 21.9. The average Bonchev–Trinajstić information content (AvgIpc) is 3.09. The van der Waals surface area contributed by atoms with E-state index in [0.717, 1.165) is 22.3 Å². The molecule has 160 valence electrons. The Kier molecular flexibility index (Phi) is 6.49. The molecule has 0 spiro atoms. The predicted octanol–water partition coefficient (Wildman–Crippen LogP) is -0.512. The molecule has 1 amide bonds. The molecule has 9 nitrogen and oxygen atoms in total. The van der Waals surface area contributed by atoms with Gasteiger partial charge < -0.3 is 30.3 Å². The summed E-state index contributed by atoms with van der Waals surface area (Å²) in [4.78, 5) is 23.5. The topological polar surface area (TPSA) is 157 Å². The lowest BCUT2D eigenvalue weighted by Gasteiger charge is -2.32. The molecule has 1 aliphatic rings. The third-order valence-electron chi connectivity index (χ3n) is 5.18. The predicted molar refractivity (Wildman–Crippen MR) is 104 cm³/mol. The van der Waals surface area contributed by atoms with Gasteiger partial charge in [0.2, 0.25) is 5.72 Å². The molecule has 0 bridgehead atoms. The summed E-state index contributed by atoms with van der Waals surface area (Å²) in [7, 11) is 0. The molecule has 0 aromatic heterocycles. The Labute approximate surface area is 172 Å². The van der Waals surface area contributed by atoms with Crippen LogP contribution in [0.5, 0.6) is 0 Å². The summed E-state index contributed by atoms with van der Waals surface area (Å²) >= 11 is 0. The maximum atomic E-state index is 12.2. The van der Waals surface area contributed by atoms with E-state index in [1.54, 1.807) is 5.32 Å². The number of hydrogen-bond acceptors (Lipinski definition) is 8. The lowest BCUT2D eigenvalue weighted by atomic mass is 9.98. The van der Waals surface area contributed by atoms with Gasteiger partial charge in [0, 0.05) is 5.92 Å². The van der Waals surface area contributed by atoms with Crippen molar-refractivity contribution in [3.63, 3.8) is 0 Å². The molecule has 9 heteroatoms. The molecule has 1 aliphatic carbocycles. The number of fused-ring (bicyclic) bond motifs is 3. The summed E-state index contributed by atoms with van der Waals surface area (Å²) in [6.07, 6.45) is -7.66. The molecule has 30 heavy (non-hydrogen) atoms. The fourth-order valence-corrected chi connectivity index (χ4v) is 3.55. The molecule has 2 aromatic carbocycles. The first kappa shape index (κ1) is 21.9. The van der Waals surface area contributed by atoms with Gasteiger partial charge in [-0.05, 0) is 22.3 Å². The van der Waals surface area contributed by atoms with Crippen LogP contribution in [0, 0.1) is 0 Å². The molecule has 0 radical (unpaired) electrons. The maximum absolute atomic E-state index is 12.2. The van der Waals surface area contributed by atoms with Crippen LogP contribution >= 0.6 is 0 Å². The van der Waals surface area contributed by atoms with Gasteiger partial charge in [-0.15, -0.1) is 0 Å². The molecule has 4 atom stereocenters. The Morgan fingerprint density at radius 2 is 1.60 bits per heavy atom. The summed E-state index contributed by atoms with van der Waals surface area (Å²) < 4.78 is 5.18. The highest BCUT2D eigenvalue weighted by atomic mass is 16.6. The molecule has 0 fully saturated rings. The van der Waals surface area contributed by atoms with Crippen LogP contribution in [0.25, 0.3) is 11.1 Å². The van der Waals surface area contributed by atoms with Crippen molar-refractivity contribution in [2.45, 2.75) is 30.0 Å². The van der Waals surface area contributed by atoms with Crippen molar-refractivity contribution >= 4 is 12.4 Å². The second-order valence-electron chi connectivity index (χ2n) is 7.08. The number of alkyl carbamates (subject to hydrolysis) is 1. The van der Waals surface area contributed by atoms with Crippen LogP contribution in [0.1, 0.15) is 17.0 Å². The van der Waals surface area contributed by atoms with Gasteiger partial charge in [-0.1, -0.05) is 48.5 Å². The van der Waals surface area contributed by atoms with Crippen molar-refractivity contribution in [3.8, 4) is 11.1 Å². The molecule has 0 aliphatic heterocycles. The SMILES string of the molecule is O=C[C@@](O)(NC(=O)OCC1c2ccccc2-c2ccccc21)[C@@H](O)[C@H](O)[C@H](O)CO. The van der Waals surface area contributed by atoms with Gasteiger partial charge >= 0.3 is 6.09 Å². The molecule has 0 unspecified atom stereocenters. The number of ether oxygens (including phenoxy) is 1. The Morgan fingerprint density at radius 1 is 1.07 bits per heavy atom. The van der Waals surface area contributed by atoms with Gasteiger partial charge in [0.25, 0.3) is 0 Å². The Balaban J connectivity index is 1.70. The highest BCUT2D eigenvalue weighted by Gasteiger charge is 2.44. The Hall–Kier alpha value is -2.82. The molecule has 6 N–H and O–H groups in total. The minimum Gasteiger partial charge on any atom is -0.448 e. The minimum absolute atomic E-state index is 0.104. The van der Waals surface area contributed by atoms with Gasteiger partial charge in [-0.2, -0.15) is 0 Å². The van der Waals surface area contributed by atoms with E-state index >= 15 is 0 Å². The summed E-state index contributed by atoms with van der Waals surface area (Å²) in [6.45, 7) is -1.04. The van der Waals surface area contributed by atoms with E-state index in [1.165, 1.54) is 0 Å². The van der Waals surface area contributed by atoms with Crippen LogP contribution in [0.4, 0.5) is 4.79 Å². The first-order valence-electron chi connectivity index (χ1n) is 9.29. The van der Waals surface area contributed by atoms with Crippen LogP contribution in [-0.2, 0) is 9.53 Å². The first-order valence-corrected chi connectivity index (χ1v) is 9.29. The molecule has 2 aromatic rings. The van der Waals surface area contributed by atoms with E-state index in [0.29, 0.717) is 0 Å². The number of carbonyl (C=O) groups is 2. The molecule has 0 saturated carbocycles. The van der Waals surface area contributed by atoms with E-state index < -0.39 is 36.7 Å². The first-order chi connectivity index (χ1) is 14.3. The highest BCUT2D eigenvalue weighted by Crippen LogP contribution is 2.44. The number of aliphatic hydroxyl groups is 5. The number of amides is 1. The van der Waals surface area contributed by atoms with Crippen LogP contribution in [0.3, 0.4) is 0 Å². The lowest BCUT2D eigenvalue weighted by Crippen LogP contribution is -2.63. The number of benzene rings is 2. The lowest BCUT2D eigenvalue weighted by molar-refractivity contribution is -0.171. The van der Waals surface area contributed by atoms with Crippen molar-refractivity contribution in [2.75, 3.05) is 13.2 Å². The number of carbonyl (C=O) groups excluding carboxylic acids is 2. The van der Waals surface area contributed by atoms with Gasteiger partial charge in [-0.25, -0.2) is 4.79 Å². The minimum atomic E-state index is -2.93. The van der Waals surface area contributed by atoms with E-state index in [2.05, 4.69) is 0 Å². The van der Waals surface area contributed by atoms with E-state index in [1.807, 2.05) is 48.5 Å². The standard InChI is InChI=1S/C21H23NO8/c23-9-17(25)18(26)19(27)21(29,11-24)22-20(28)30-10-16-14-7-3-1-5-12(14)13-6-2-4-8-15(13)16/h1-8,11,16-19,23,25-27,29H,9-10H2,(H,22,28)/t17-,18-,19+,21+/m1/s1. The maximum Gasteiger partial charge on any atom is 0.409 e. The average molecular weight is 417 g/mol. The second-order valence-corrected chi connectivity index (χ2v) is 7.08.